The van der Waals surface area contributed by atoms with E-state index >= 15 is 0 Å². The zero-order valence-corrected chi connectivity index (χ0v) is 11.5. The lowest BCUT2D eigenvalue weighted by Crippen LogP contribution is -2.30. The fourth-order valence-corrected chi connectivity index (χ4v) is 2.25. The van der Waals surface area contributed by atoms with Crippen LogP contribution in [0.3, 0.4) is 0 Å². The third-order valence-corrected chi connectivity index (χ3v) is 3.36. The lowest BCUT2D eigenvalue weighted by atomic mass is 9.97. The summed E-state index contributed by atoms with van der Waals surface area (Å²) in [5.74, 6) is 0. The predicted molar refractivity (Wildman–Crippen MR) is 83.2 cm³/mol. The molecule has 1 heteroatoms. The molecule has 0 fully saturated rings. The van der Waals surface area contributed by atoms with E-state index in [1.807, 2.05) is 55.1 Å². The van der Waals surface area contributed by atoms with Crippen LogP contribution in [0.4, 0.5) is 0 Å². The average molecular weight is 265 g/mol. The summed E-state index contributed by atoms with van der Waals surface area (Å²) in [5, 5.41) is 0. The quantitative estimate of drug-likeness (QED) is 0.613. The van der Waals surface area contributed by atoms with Gasteiger partial charge in [-0.3, -0.25) is 0 Å². The standard InChI is InChI=1S/C19H18N/c1-15-11-12-17(16-8-4-3-5-9-16)14-18(15)19-10-6-7-13-20(19)2/h3-14H,1-2H3/q+1/i3D,4D,5D,8D,9D. The van der Waals surface area contributed by atoms with Gasteiger partial charge in [-0.25, -0.2) is 4.57 Å². The van der Waals surface area contributed by atoms with E-state index in [2.05, 4.69) is 0 Å². The van der Waals surface area contributed by atoms with Crippen LogP contribution in [-0.4, -0.2) is 0 Å². The number of rotatable bonds is 2. The number of pyridine rings is 1. The topological polar surface area (TPSA) is 3.88 Å². The summed E-state index contributed by atoms with van der Waals surface area (Å²) in [6.45, 7) is 1.99. The van der Waals surface area contributed by atoms with E-state index in [1.165, 1.54) is 0 Å². The summed E-state index contributed by atoms with van der Waals surface area (Å²) in [6, 6.07) is 10.1. The molecule has 0 aliphatic carbocycles. The monoisotopic (exact) mass is 265 g/mol. The summed E-state index contributed by atoms with van der Waals surface area (Å²) in [6.07, 6.45) is 1.95. The van der Waals surface area contributed by atoms with Crippen molar-refractivity contribution in [1.29, 1.82) is 0 Å². The third-order valence-electron chi connectivity index (χ3n) is 3.36. The Hall–Kier alpha value is -2.41. The molecule has 0 aliphatic heterocycles. The highest BCUT2D eigenvalue weighted by Gasteiger charge is 2.12. The maximum Gasteiger partial charge on any atom is 0.212 e. The van der Waals surface area contributed by atoms with Gasteiger partial charge >= 0.3 is 0 Å². The van der Waals surface area contributed by atoms with E-state index in [1.54, 1.807) is 6.07 Å². The van der Waals surface area contributed by atoms with Crippen molar-refractivity contribution in [3.05, 3.63) is 78.4 Å². The Bertz CT molecular complexity index is 953. The molecule has 0 saturated carbocycles. The zero-order valence-electron chi connectivity index (χ0n) is 16.5. The van der Waals surface area contributed by atoms with Gasteiger partial charge in [-0.2, -0.15) is 0 Å². The van der Waals surface area contributed by atoms with Gasteiger partial charge in [0.2, 0.25) is 5.69 Å². The predicted octanol–water partition coefficient (Wildman–Crippen LogP) is 4.15. The highest BCUT2D eigenvalue weighted by molar-refractivity contribution is 5.72. The molecule has 98 valence electrons. The van der Waals surface area contributed by atoms with E-state index in [0.717, 1.165) is 16.8 Å². The molecule has 2 aromatic carbocycles. The Labute approximate surface area is 127 Å². The van der Waals surface area contributed by atoms with Crippen LogP contribution in [0.1, 0.15) is 12.4 Å². The minimum Gasteiger partial charge on any atom is -0.201 e. The molecule has 0 spiro atoms. The Morgan fingerprint density at radius 1 is 0.950 bits per heavy atom. The van der Waals surface area contributed by atoms with E-state index in [9.17, 15) is 0 Å². The Morgan fingerprint density at radius 2 is 1.75 bits per heavy atom. The van der Waals surface area contributed by atoms with Crippen LogP contribution in [0.15, 0.2) is 72.8 Å². The number of aryl methyl sites for hydroxylation is 2. The molecule has 0 radical (unpaired) electrons. The number of aromatic nitrogens is 1. The van der Waals surface area contributed by atoms with E-state index < -0.39 is 0 Å². The summed E-state index contributed by atoms with van der Waals surface area (Å²) < 4.78 is 41.8. The molecule has 1 heterocycles. The summed E-state index contributed by atoms with van der Waals surface area (Å²) in [7, 11) is 1.95. The van der Waals surface area contributed by atoms with Crippen LogP contribution in [-0.2, 0) is 7.05 Å². The highest BCUT2D eigenvalue weighted by Crippen LogP contribution is 2.27. The van der Waals surface area contributed by atoms with Crippen molar-refractivity contribution in [3.8, 4) is 22.4 Å². The van der Waals surface area contributed by atoms with E-state index in [-0.39, 0.29) is 35.8 Å². The van der Waals surface area contributed by atoms with Crippen LogP contribution in [0.2, 0.25) is 0 Å². The van der Waals surface area contributed by atoms with Gasteiger partial charge < -0.3 is 0 Å². The van der Waals surface area contributed by atoms with Crippen LogP contribution in [0, 0.1) is 6.92 Å². The van der Waals surface area contributed by atoms with Crippen molar-refractivity contribution in [2.75, 3.05) is 0 Å². The SMILES string of the molecule is [2H]c1c([2H])c([2H])c(-c2ccc(C)c(-c3cccc[n+]3C)c2)c([2H])c1[2H]. The minimum absolute atomic E-state index is 0.182. The van der Waals surface area contributed by atoms with Crippen molar-refractivity contribution in [2.45, 2.75) is 6.92 Å². The summed E-state index contributed by atoms with van der Waals surface area (Å²) in [5.41, 5.74) is 3.85. The van der Waals surface area contributed by atoms with Gasteiger partial charge in [-0.15, -0.1) is 0 Å². The second-order valence-corrected chi connectivity index (χ2v) is 4.73. The molecule has 0 N–H and O–H groups in total. The van der Waals surface area contributed by atoms with Crippen LogP contribution < -0.4 is 4.57 Å². The molecule has 0 aliphatic rings. The fraction of sp³-hybridized carbons (Fsp3) is 0.105. The first-order valence-corrected chi connectivity index (χ1v) is 6.46. The first kappa shape index (κ1) is 8.01. The smallest absolute Gasteiger partial charge is 0.201 e. The van der Waals surface area contributed by atoms with E-state index in [4.69, 9.17) is 6.85 Å². The Kier molecular flexibility index (Phi) is 2.12. The largest absolute Gasteiger partial charge is 0.212 e. The highest BCUT2D eigenvalue weighted by atomic mass is 14.9. The number of nitrogens with zero attached hydrogens (tertiary/aromatic N) is 1. The van der Waals surface area contributed by atoms with Crippen molar-refractivity contribution >= 4 is 0 Å². The van der Waals surface area contributed by atoms with E-state index in [0.29, 0.717) is 5.56 Å². The van der Waals surface area contributed by atoms with Gasteiger partial charge in [0.15, 0.2) is 6.20 Å². The minimum atomic E-state index is -0.374. The van der Waals surface area contributed by atoms with Gasteiger partial charge in [-0.05, 0) is 35.7 Å². The molecule has 3 aromatic rings. The molecule has 1 aromatic heterocycles. The third kappa shape index (κ3) is 2.35. The molecule has 0 bridgehead atoms. The fourth-order valence-electron chi connectivity index (χ4n) is 2.25. The van der Waals surface area contributed by atoms with Gasteiger partial charge in [-0.1, -0.05) is 42.3 Å². The van der Waals surface area contributed by atoms with Gasteiger partial charge in [0, 0.05) is 17.7 Å². The van der Waals surface area contributed by atoms with Crippen molar-refractivity contribution in [3.63, 3.8) is 0 Å². The number of hydrogen-bond acceptors (Lipinski definition) is 0. The molecule has 20 heavy (non-hydrogen) atoms. The Morgan fingerprint density at radius 3 is 2.50 bits per heavy atom. The van der Waals surface area contributed by atoms with Gasteiger partial charge in [0.1, 0.15) is 7.05 Å². The molecular formula is C19H18N+. The first-order chi connectivity index (χ1) is 11.8. The van der Waals surface area contributed by atoms with Crippen molar-refractivity contribution in [1.82, 2.24) is 0 Å². The molecule has 0 saturated heterocycles. The van der Waals surface area contributed by atoms with Crippen LogP contribution in [0.5, 0.6) is 0 Å². The molecule has 0 amide bonds. The zero-order chi connectivity index (χ0) is 18.3. The molecule has 1 nitrogen and oxygen atoms in total. The molecular weight excluding hydrogens is 242 g/mol. The lowest BCUT2D eigenvalue weighted by Gasteiger charge is -2.08. The second-order valence-electron chi connectivity index (χ2n) is 4.73. The van der Waals surface area contributed by atoms with Crippen molar-refractivity contribution < 1.29 is 11.4 Å². The molecule has 0 unspecified atom stereocenters. The van der Waals surface area contributed by atoms with Crippen molar-refractivity contribution in [2.24, 2.45) is 7.05 Å². The normalized spacial score (nSPS) is 14.0. The average Bonchev–Trinajstić information content (AvgIpc) is 2.60. The summed E-state index contributed by atoms with van der Waals surface area (Å²) >= 11 is 0. The van der Waals surface area contributed by atoms with Gasteiger partial charge in [0.25, 0.3) is 0 Å². The second kappa shape index (κ2) is 5.30. The van der Waals surface area contributed by atoms with Gasteiger partial charge in [0.05, 0.1) is 6.85 Å². The molecule has 0 atom stereocenters. The number of benzene rings is 2. The maximum atomic E-state index is 8.17. The van der Waals surface area contributed by atoms with Crippen LogP contribution >= 0.6 is 0 Å². The Balaban J connectivity index is 2.29. The first-order valence-electron chi connectivity index (χ1n) is 8.96. The van der Waals surface area contributed by atoms with Crippen LogP contribution in [0.25, 0.3) is 22.4 Å². The maximum absolute atomic E-state index is 8.17. The molecule has 3 rings (SSSR count). The lowest BCUT2D eigenvalue weighted by molar-refractivity contribution is -0.660. The number of hydrogen-bond donors (Lipinski definition) is 0. The summed E-state index contributed by atoms with van der Waals surface area (Å²) in [4.78, 5) is 0.